The SMILES string of the molecule is COc1cc(C(=O)CCC(C)(O)c2cc(C3(C)CCN(C(=O)OCC4c5ccccc5-c5ccccc54)C3)cc(-c3ccc(F)cc3)n2)ccc1OC1CC1. The van der Waals surface area contributed by atoms with Gasteiger partial charge in [-0.3, -0.25) is 4.79 Å². The minimum absolute atomic E-state index is 0.0387. The van der Waals surface area contributed by atoms with Gasteiger partial charge >= 0.3 is 6.09 Å². The van der Waals surface area contributed by atoms with Crippen molar-refractivity contribution < 1.29 is 33.3 Å². The molecule has 2 aliphatic carbocycles. The molecule has 2 atom stereocenters. The number of likely N-dealkylation sites (tertiary alicyclic amines) is 1. The molecular formula is C46H45FN2O6. The van der Waals surface area contributed by atoms with Crippen LogP contribution in [0.25, 0.3) is 22.4 Å². The van der Waals surface area contributed by atoms with Gasteiger partial charge in [0.25, 0.3) is 0 Å². The number of methoxy groups -OCH3 is 1. The van der Waals surface area contributed by atoms with Crippen LogP contribution in [0.3, 0.4) is 0 Å². The van der Waals surface area contributed by atoms with Crippen molar-refractivity contribution in [3.8, 4) is 33.9 Å². The highest BCUT2D eigenvalue weighted by atomic mass is 19.1. The van der Waals surface area contributed by atoms with Gasteiger partial charge in [-0.1, -0.05) is 55.5 Å². The summed E-state index contributed by atoms with van der Waals surface area (Å²) in [5.41, 5.74) is 5.68. The summed E-state index contributed by atoms with van der Waals surface area (Å²) < 4.78 is 31.4. The molecule has 4 aromatic carbocycles. The number of rotatable bonds is 12. The van der Waals surface area contributed by atoms with Gasteiger partial charge in [0.05, 0.1) is 24.6 Å². The number of nitrogens with zero attached hydrogens (tertiary/aromatic N) is 2. The lowest BCUT2D eigenvalue weighted by Crippen LogP contribution is -2.34. The number of hydrogen-bond donors (Lipinski definition) is 1. The van der Waals surface area contributed by atoms with E-state index in [1.807, 2.05) is 36.4 Å². The Hall–Kier alpha value is -5.54. The number of pyridine rings is 1. The summed E-state index contributed by atoms with van der Waals surface area (Å²) in [6, 6.07) is 31.6. The van der Waals surface area contributed by atoms with Crippen LogP contribution >= 0.6 is 0 Å². The van der Waals surface area contributed by atoms with E-state index in [1.165, 1.54) is 23.3 Å². The molecule has 5 aromatic rings. The quantitative estimate of drug-likeness (QED) is 0.127. The molecule has 55 heavy (non-hydrogen) atoms. The molecule has 1 saturated heterocycles. The Morgan fingerprint density at radius 1 is 0.927 bits per heavy atom. The first-order valence-corrected chi connectivity index (χ1v) is 19.0. The van der Waals surface area contributed by atoms with E-state index in [-0.39, 0.29) is 49.2 Å². The number of Topliss-reactive ketones (excluding diaryl/α,β-unsaturated/α-hetero) is 1. The molecule has 1 aliphatic heterocycles. The minimum Gasteiger partial charge on any atom is -0.493 e. The van der Waals surface area contributed by atoms with Crippen LogP contribution in [0.4, 0.5) is 9.18 Å². The van der Waals surface area contributed by atoms with Crippen LogP contribution in [0.2, 0.25) is 0 Å². The molecule has 9 heteroatoms. The van der Waals surface area contributed by atoms with E-state index in [0.717, 1.165) is 29.5 Å². The first-order chi connectivity index (χ1) is 26.5. The maximum absolute atomic E-state index is 14.0. The molecule has 3 aliphatic rings. The molecule has 0 spiro atoms. The fourth-order valence-electron chi connectivity index (χ4n) is 7.89. The molecule has 1 saturated carbocycles. The Labute approximate surface area is 320 Å². The number of ketones is 1. The van der Waals surface area contributed by atoms with Gasteiger partial charge < -0.3 is 24.2 Å². The van der Waals surface area contributed by atoms with Crippen LogP contribution < -0.4 is 9.47 Å². The highest BCUT2D eigenvalue weighted by Crippen LogP contribution is 2.45. The number of carbonyl (C=O) groups excluding carboxylic acids is 2. The highest BCUT2D eigenvalue weighted by molar-refractivity contribution is 5.96. The van der Waals surface area contributed by atoms with Crippen LogP contribution in [-0.2, 0) is 15.8 Å². The van der Waals surface area contributed by atoms with E-state index >= 15 is 0 Å². The number of fused-ring (bicyclic) bond motifs is 3. The van der Waals surface area contributed by atoms with Crippen LogP contribution in [0, 0.1) is 5.82 Å². The lowest BCUT2D eigenvalue weighted by molar-refractivity contribution is 0.0396. The fourth-order valence-corrected chi connectivity index (χ4v) is 7.89. The third-order valence-electron chi connectivity index (χ3n) is 11.4. The molecule has 1 aromatic heterocycles. The second kappa shape index (κ2) is 14.6. The van der Waals surface area contributed by atoms with E-state index in [2.05, 4.69) is 31.2 Å². The Morgan fingerprint density at radius 3 is 2.29 bits per heavy atom. The summed E-state index contributed by atoms with van der Waals surface area (Å²) in [5.74, 6) is 0.562. The Morgan fingerprint density at radius 2 is 1.62 bits per heavy atom. The van der Waals surface area contributed by atoms with Crippen molar-refractivity contribution in [3.05, 3.63) is 137 Å². The minimum atomic E-state index is -1.49. The normalized spacial score (nSPS) is 18.7. The predicted octanol–water partition coefficient (Wildman–Crippen LogP) is 9.22. The molecule has 1 amide bonds. The monoisotopic (exact) mass is 740 g/mol. The average Bonchev–Trinajstić information content (AvgIpc) is 3.84. The average molecular weight is 741 g/mol. The Balaban J connectivity index is 1.00. The smallest absolute Gasteiger partial charge is 0.409 e. The number of benzene rings is 4. The molecule has 282 valence electrons. The zero-order chi connectivity index (χ0) is 38.3. The van der Waals surface area contributed by atoms with Gasteiger partial charge in [0.15, 0.2) is 17.3 Å². The van der Waals surface area contributed by atoms with Gasteiger partial charge in [0, 0.05) is 42.0 Å². The van der Waals surface area contributed by atoms with Gasteiger partial charge in [-0.15, -0.1) is 0 Å². The second-order valence-electron chi connectivity index (χ2n) is 15.5. The van der Waals surface area contributed by atoms with Crippen molar-refractivity contribution in [1.29, 1.82) is 0 Å². The van der Waals surface area contributed by atoms with Gasteiger partial charge in [-0.05, 0) is 115 Å². The number of amides is 1. The molecule has 1 N–H and O–H groups in total. The van der Waals surface area contributed by atoms with E-state index in [1.54, 1.807) is 49.3 Å². The van der Waals surface area contributed by atoms with E-state index in [4.69, 9.17) is 19.2 Å². The zero-order valence-corrected chi connectivity index (χ0v) is 31.4. The molecule has 0 radical (unpaired) electrons. The second-order valence-corrected chi connectivity index (χ2v) is 15.5. The number of hydrogen-bond acceptors (Lipinski definition) is 7. The summed E-state index contributed by atoms with van der Waals surface area (Å²) in [5, 5.41) is 11.9. The predicted molar refractivity (Wildman–Crippen MR) is 208 cm³/mol. The summed E-state index contributed by atoms with van der Waals surface area (Å²) >= 11 is 0. The number of ether oxygens (including phenoxy) is 3. The summed E-state index contributed by atoms with van der Waals surface area (Å²) in [6.45, 7) is 4.89. The lowest BCUT2D eigenvalue weighted by Gasteiger charge is -2.29. The fraction of sp³-hybridized carbons (Fsp3) is 0.326. The zero-order valence-electron chi connectivity index (χ0n) is 31.4. The first-order valence-electron chi connectivity index (χ1n) is 19.0. The molecule has 2 heterocycles. The van der Waals surface area contributed by atoms with Crippen molar-refractivity contribution in [2.75, 3.05) is 26.8 Å². The molecule has 8 rings (SSSR count). The van der Waals surface area contributed by atoms with Gasteiger partial charge in [0.2, 0.25) is 0 Å². The number of carbonyl (C=O) groups is 2. The van der Waals surface area contributed by atoms with E-state index in [0.29, 0.717) is 53.5 Å². The van der Waals surface area contributed by atoms with E-state index in [9.17, 15) is 19.1 Å². The molecular weight excluding hydrogens is 696 g/mol. The van der Waals surface area contributed by atoms with Crippen molar-refractivity contribution in [2.45, 2.75) is 69.0 Å². The van der Waals surface area contributed by atoms with Gasteiger partial charge in [-0.2, -0.15) is 0 Å². The molecule has 2 unspecified atom stereocenters. The number of aromatic nitrogens is 1. The van der Waals surface area contributed by atoms with Crippen molar-refractivity contribution >= 4 is 11.9 Å². The summed E-state index contributed by atoms with van der Waals surface area (Å²) in [4.78, 5) is 33.7. The molecule has 2 fully saturated rings. The van der Waals surface area contributed by atoms with Crippen LogP contribution in [-0.4, -0.2) is 59.8 Å². The topological polar surface area (TPSA) is 98.2 Å². The lowest BCUT2D eigenvalue weighted by atomic mass is 9.80. The van der Waals surface area contributed by atoms with Gasteiger partial charge in [0.1, 0.15) is 18.0 Å². The number of halogens is 1. The summed E-state index contributed by atoms with van der Waals surface area (Å²) in [7, 11) is 1.55. The van der Waals surface area contributed by atoms with Crippen molar-refractivity contribution in [2.24, 2.45) is 0 Å². The molecule has 0 bridgehead atoms. The largest absolute Gasteiger partial charge is 0.493 e. The third kappa shape index (κ3) is 7.45. The Kier molecular flexibility index (Phi) is 9.67. The van der Waals surface area contributed by atoms with Crippen LogP contribution in [0.15, 0.2) is 103 Å². The Bertz CT molecular complexity index is 2200. The summed E-state index contributed by atoms with van der Waals surface area (Å²) in [6.07, 6.45) is 2.66. The maximum Gasteiger partial charge on any atom is 0.409 e. The first kappa shape index (κ1) is 36.4. The molecule has 8 nitrogen and oxygen atoms in total. The number of aliphatic hydroxyl groups is 1. The van der Waals surface area contributed by atoms with Gasteiger partial charge in [-0.25, -0.2) is 14.2 Å². The van der Waals surface area contributed by atoms with E-state index < -0.39 is 11.0 Å². The van der Waals surface area contributed by atoms with Crippen molar-refractivity contribution in [1.82, 2.24) is 9.88 Å². The maximum atomic E-state index is 14.0. The van der Waals surface area contributed by atoms with Crippen LogP contribution in [0.5, 0.6) is 11.5 Å². The standard InChI is InChI=1S/C46H45FN2O6/c1-45(22-23-49(28-45)44(51)54-27-38-36-10-6-4-8-34(36)35-9-5-7-11-37(35)38)31-25-39(29-12-15-32(47)16-13-29)48-43(26-31)46(2,52)21-20-40(50)30-14-19-41(42(24-30)53-3)55-33-17-18-33/h4-16,19,24-26,33,38,52H,17-18,20-23,27-28H2,1-3H3. The third-order valence-corrected chi connectivity index (χ3v) is 11.4. The highest BCUT2D eigenvalue weighted by Gasteiger charge is 2.40. The van der Waals surface area contributed by atoms with Crippen LogP contribution in [0.1, 0.15) is 84.6 Å². The van der Waals surface area contributed by atoms with Crippen molar-refractivity contribution in [3.63, 3.8) is 0 Å².